The molecule has 108 valence electrons. The molecular weight excluding hydrogens is 304 g/mol. The topological polar surface area (TPSA) is 91.4 Å². The summed E-state index contributed by atoms with van der Waals surface area (Å²) < 4.78 is 31.7. The molecule has 1 aromatic heterocycles. The second-order valence-corrected chi connectivity index (χ2v) is 6.06. The van der Waals surface area contributed by atoms with Gasteiger partial charge in [-0.2, -0.15) is 0 Å². The molecule has 0 aliphatic carbocycles. The number of halogens is 1. The standard InChI is InChI=1S/C12H13ClN2O4S/c1-19-12-5-8(2-3-11(12)13)15-20(17,18)10-4-9(7-16)14-6-10/h2-6,14-16H,7H2,1H3. The molecule has 6 nitrogen and oxygen atoms in total. The average molecular weight is 317 g/mol. The Morgan fingerprint density at radius 2 is 2.15 bits per heavy atom. The Morgan fingerprint density at radius 3 is 2.75 bits per heavy atom. The largest absolute Gasteiger partial charge is 0.495 e. The lowest BCUT2D eigenvalue weighted by molar-refractivity contribution is 0.277. The summed E-state index contributed by atoms with van der Waals surface area (Å²) in [6.45, 7) is -0.260. The highest BCUT2D eigenvalue weighted by Crippen LogP contribution is 2.28. The third kappa shape index (κ3) is 3.06. The van der Waals surface area contributed by atoms with Gasteiger partial charge in [-0.05, 0) is 18.2 Å². The minimum Gasteiger partial charge on any atom is -0.495 e. The number of aromatic amines is 1. The fourth-order valence-electron chi connectivity index (χ4n) is 1.60. The summed E-state index contributed by atoms with van der Waals surface area (Å²) in [5.41, 5.74) is 0.747. The number of methoxy groups -OCH3 is 1. The van der Waals surface area contributed by atoms with Gasteiger partial charge in [0.15, 0.2) is 0 Å². The van der Waals surface area contributed by atoms with Crippen LogP contribution in [0.5, 0.6) is 5.75 Å². The molecule has 0 amide bonds. The van der Waals surface area contributed by atoms with Gasteiger partial charge < -0.3 is 14.8 Å². The van der Waals surface area contributed by atoms with Crippen LogP contribution in [0.15, 0.2) is 35.4 Å². The number of ether oxygens (including phenoxy) is 1. The van der Waals surface area contributed by atoms with Gasteiger partial charge in [0.2, 0.25) is 0 Å². The summed E-state index contributed by atoms with van der Waals surface area (Å²) in [7, 11) is -2.29. The van der Waals surface area contributed by atoms with Gasteiger partial charge in [0.1, 0.15) is 10.6 Å². The second-order valence-electron chi connectivity index (χ2n) is 3.97. The number of anilines is 1. The van der Waals surface area contributed by atoms with Crippen molar-refractivity contribution in [2.45, 2.75) is 11.5 Å². The monoisotopic (exact) mass is 316 g/mol. The Hall–Kier alpha value is -1.70. The highest BCUT2D eigenvalue weighted by molar-refractivity contribution is 7.92. The van der Waals surface area contributed by atoms with Gasteiger partial charge in [0.05, 0.1) is 24.4 Å². The lowest BCUT2D eigenvalue weighted by Crippen LogP contribution is -2.12. The highest BCUT2D eigenvalue weighted by atomic mass is 35.5. The Morgan fingerprint density at radius 1 is 1.40 bits per heavy atom. The first-order valence-electron chi connectivity index (χ1n) is 5.61. The molecule has 20 heavy (non-hydrogen) atoms. The number of aromatic nitrogens is 1. The van der Waals surface area contributed by atoms with Crippen molar-refractivity contribution in [1.82, 2.24) is 4.98 Å². The maximum Gasteiger partial charge on any atom is 0.263 e. The molecule has 3 N–H and O–H groups in total. The predicted molar refractivity (Wildman–Crippen MR) is 75.5 cm³/mol. The van der Waals surface area contributed by atoms with E-state index in [2.05, 4.69) is 9.71 Å². The summed E-state index contributed by atoms with van der Waals surface area (Å²) in [6, 6.07) is 5.91. The van der Waals surface area contributed by atoms with Crippen LogP contribution in [0.4, 0.5) is 5.69 Å². The van der Waals surface area contributed by atoms with Gasteiger partial charge in [-0.3, -0.25) is 4.72 Å². The van der Waals surface area contributed by atoms with Crippen molar-refractivity contribution >= 4 is 27.3 Å². The minimum atomic E-state index is -3.73. The van der Waals surface area contributed by atoms with Crippen LogP contribution in [0.25, 0.3) is 0 Å². The average Bonchev–Trinajstić information content (AvgIpc) is 2.90. The van der Waals surface area contributed by atoms with Crippen LogP contribution in [0.2, 0.25) is 5.02 Å². The molecular formula is C12H13ClN2O4S. The van der Waals surface area contributed by atoms with E-state index < -0.39 is 10.0 Å². The molecule has 2 aromatic rings. The number of hydrogen-bond donors (Lipinski definition) is 3. The Kier molecular flexibility index (Phi) is 4.22. The molecule has 8 heteroatoms. The SMILES string of the molecule is COc1cc(NS(=O)(=O)c2c[nH]c(CO)c2)ccc1Cl. The van der Waals surface area contributed by atoms with Crippen LogP contribution < -0.4 is 9.46 Å². The van der Waals surface area contributed by atoms with Crippen molar-refractivity contribution in [2.75, 3.05) is 11.8 Å². The van der Waals surface area contributed by atoms with E-state index in [9.17, 15) is 8.42 Å². The Balaban J connectivity index is 2.28. The molecule has 1 heterocycles. The van der Waals surface area contributed by atoms with Crippen LogP contribution >= 0.6 is 11.6 Å². The van der Waals surface area contributed by atoms with Crippen molar-refractivity contribution in [3.05, 3.63) is 41.2 Å². The predicted octanol–water partition coefficient (Wildman–Crippen LogP) is 1.97. The molecule has 0 radical (unpaired) electrons. The van der Waals surface area contributed by atoms with Gasteiger partial charge in [0.25, 0.3) is 10.0 Å². The van der Waals surface area contributed by atoms with E-state index in [1.807, 2.05) is 0 Å². The molecule has 0 bridgehead atoms. The van der Waals surface area contributed by atoms with Crippen molar-refractivity contribution in [1.29, 1.82) is 0 Å². The smallest absolute Gasteiger partial charge is 0.263 e. The summed E-state index contributed by atoms with van der Waals surface area (Å²) in [5, 5.41) is 9.32. The molecule has 0 aliphatic rings. The summed E-state index contributed by atoms with van der Waals surface area (Å²) in [5.74, 6) is 0.372. The fraction of sp³-hybridized carbons (Fsp3) is 0.167. The fourth-order valence-corrected chi connectivity index (χ4v) is 2.86. The molecule has 0 unspecified atom stereocenters. The Bertz CT molecular complexity index is 712. The lowest BCUT2D eigenvalue weighted by atomic mass is 10.3. The van der Waals surface area contributed by atoms with Crippen molar-refractivity contribution < 1.29 is 18.3 Å². The molecule has 1 aromatic carbocycles. The number of aliphatic hydroxyl groups is 1. The van der Waals surface area contributed by atoms with E-state index in [1.54, 1.807) is 0 Å². The van der Waals surface area contributed by atoms with Crippen LogP contribution in [0.1, 0.15) is 5.69 Å². The van der Waals surface area contributed by atoms with E-state index in [1.165, 1.54) is 37.6 Å². The van der Waals surface area contributed by atoms with Crippen molar-refractivity contribution in [3.63, 3.8) is 0 Å². The van der Waals surface area contributed by atoms with Gasteiger partial charge in [0, 0.05) is 18.0 Å². The van der Waals surface area contributed by atoms with E-state index in [0.717, 1.165) is 0 Å². The van der Waals surface area contributed by atoms with E-state index in [0.29, 0.717) is 22.2 Å². The van der Waals surface area contributed by atoms with Crippen LogP contribution in [0.3, 0.4) is 0 Å². The number of nitrogens with one attached hydrogen (secondary N) is 2. The molecule has 0 atom stereocenters. The number of H-pyrrole nitrogens is 1. The number of benzene rings is 1. The second kappa shape index (κ2) is 5.74. The molecule has 0 saturated heterocycles. The molecule has 0 aliphatic heterocycles. The van der Waals surface area contributed by atoms with Gasteiger partial charge in [-0.25, -0.2) is 8.42 Å². The summed E-state index contributed by atoms with van der Waals surface area (Å²) >= 11 is 5.87. The van der Waals surface area contributed by atoms with Gasteiger partial charge >= 0.3 is 0 Å². The summed E-state index contributed by atoms with van der Waals surface area (Å²) in [6.07, 6.45) is 1.31. The third-order valence-electron chi connectivity index (χ3n) is 2.60. The lowest BCUT2D eigenvalue weighted by Gasteiger charge is -2.09. The molecule has 0 fully saturated rings. The van der Waals surface area contributed by atoms with Crippen LogP contribution in [-0.2, 0) is 16.6 Å². The first-order chi connectivity index (χ1) is 9.46. The number of sulfonamides is 1. The zero-order valence-corrected chi connectivity index (χ0v) is 12.1. The van der Waals surface area contributed by atoms with Gasteiger partial charge in [-0.1, -0.05) is 11.6 Å². The normalized spacial score (nSPS) is 11.3. The third-order valence-corrected chi connectivity index (χ3v) is 4.27. The number of hydrogen-bond acceptors (Lipinski definition) is 4. The van der Waals surface area contributed by atoms with E-state index in [-0.39, 0.29) is 11.5 Å². The highest BCUT2D eigenvalue weighted by Gasteiger charge is 2.16. The zero-order chi connectivity index (χ0) is 14.8. The number of aliphatic hydroxyl groups excluding tert-OH is 1. The van der Waals surface area contributed by atoms with E-state index >= 15 is 0 Å². The summed E-state index contributed by atoms with van der Waals surface area (Å²) in [4.78, 5) is 2.70. The van der Waals surface area contributed by atoms with Crippen molar-refractivity contribution in [3.8, 4) is 5.75 Å². The van der Waals surface area contributed by atoms with E-state index in [4.69, 9.17) is 21.4 Å². The first kappa shape index (κ1) is 14.7. The van der Waals surface area contributed by atoms with Crippen molar-refractivity contribution in [2.24, 2.45) is 0 Å². The maximum atomic E-state index is 12.1. The molecule has 0 saturated carbocycles. The molecule has 2 rings (SSSR count). The quantitative estimate of drug-likeness (QED) is 0.786. The van der Waals surface area contributed by atoms with Crippen LogP contribution in [0, 0.1) is 0 Å². The Labute approximate surface area is 121 Å². The first-order valence-corrected chi connectivity index (χ1v) is 7.47. The minimum absolute atomic E-state index is 0.0375. The maximum absolute atomic E-state index is 12.1. The van der Waals surface area contributed by atoms with Crippen LogP contribution in [-0.4, -0.2) is 25.6 Å². The molecule has 0 spiro atoms. The van der Waals surface area contributed by atoms with Gasteiger partial charge in [-0.15, -0.1) is 0 Å². The zero-order valence-electron chi connectivity index (χ0n) is 10.6. The number of rotatable bonds is 5.